The van der Waals surface area contributed by atoms with Gasteiger partial charge in [0.05, 0.1) is 11.5 Å². The van der Waals surface area contributed by atoms with Crippen molar-refractivity contribution in [2.24, 2.45) is 0 Å². The molecule has 6 heteroatoms. The first-order chi connectivity index (χ1) is 7.65. The molecule has 0 spiro atoms. The molecule has 0 aliphatic rings. The highest BCUT2D eigenvalue weighted by atomic mass is 79.9. The molecule has 94 valence electrons. The Hall–Kier alpha value is -0.960. The molecule has 0 atom stereocenters. The predicted molar refractivity (Wildman–Crippen MR) is 61.4 cm³/mol. The lowest BCUT2D eigenvalue weighted by atomic mass is 9.86. The number of hydrogen-bond donors (Lipinski definition) is 0. The van der Waals surface area contributed by atoms with E-state index in [-0.39, 0.29) is 12.1 Å². The molecule has 0 aromatic carbocycles. The molecule has 0 radical (unpaired) electrons. The third-order valence-electron chi connectivity index (χ3n) is 2.55. The Kier molecular flexibility index (Phi) is 3.63. The van der Waals surface area contributed by atoms with Gasteiger partial charge in [0.1, 0.15) is 5.69 Å². The second kappa shape index (κ2) is 4.37. The predicted octanol–water partition coefficient (Wildman–Crippen LogP) is 4.09. The fourth-order valence-corrected chi connectivity index (χ4v) is 2.66. The van der Waals surface area contributed by atoms with Gasteiger partial charge < -0.3 is 4.57 Å². The molecule has 0 saturated heterocycles. The van der Waals surface area contributed by atoms with Crippen LogP contribution in [0.4, 0.5) is 13.2 Å². The summed E-state index contributed by atoms with van der Waals surface area (Å²) in [5, 5.41) is 9.00. The molecule has 0 aliphatic heterocycles. The molecule has 1 aromatic heterocycles. The van der Waals surface area contributed by atoms with E-state index in [1.165, 1.54) is 20.0 Å². The van der Waals surface area contributed by atoms with Crippen LogP contribution in [-0.2, 0) is 18.1 Å². The quantitative estimate of drug-likeness (QED) is 0.809. The summed E-state index contributed by atoms with van der Waals surface area (Å²) in [5.41, 5.74) is -1.95. The molecule has 0 saturated carbocycles. The van der Waals surface area contributed by atoms with E-state index in [0.717, 1.165) is 4.57 Å². The first-order valence-corrected chi connectivity index (χ1v) is 5.82. The van der Waals surface area contributed by atoms with E-state index in [9.17, 15) is 13.2 Å². The first-order valence-electron chi connectivity index (χ1n) is 5.02. The fourth-order valence-electron chi connectivity index (χ4n) is 1.73. The molecule has 17 heavy (non-hydrogen) atoms. The lowest BCUT2D eigenvalue weighted by molar-refractivity contribution is -0.144. The Morgan fingerprint density at radius 2 is 1.94 bits per heavy atom. The van der Waals surface area contributed by atoms with Crippen molar-refractivity contribution in [1.82, 2.24) is 4.57 Å². The molecular formula is C11H12BrF3N2. The van der Waals surface area contributed by atoms with Crippen molar-refractivity contribution in [3.8, 4) is 6.07 Å². The first kappa shape index (κ1) is 14.1. The molecule has 0 N–H and O–H groups in total. The highest BCUT2D eigenvalue weighted by molar-refractivity contribution is 9.10. The van der Waals surface area contributed by atoms with Crippen molar-refractivity contribution >= 4 is 15.9 Å². The Morgan fingerprint density at radius 3 is 2.29 bits per heavy atom. The average molecular weight is 309 g/mol. The molecule has 1 heterocycles. The minimum atomic E-state index is -4.47. The summed E-state index contributed by atoms with van der Waals surface area (Å²) >= 11 is 3.11. The maximum absolute atomic E-state index is 13.0. The highest BCUT2D eigenvalue weighted by Crippen LogP contribution is 2.42. The Bertz CT molecular complexity index is 466. The molecule has 0 unspecified atom stereocenters. The van der Waals surface area contributed by atoms with Crippen molar-refractivity contribution in [2.75, 3.05) is 0 Å². The summed E-state index contributed by atoms with van der Waals surface area (Å²) in [5.74, 6) is 0. The van der Waals surface area contributed by atoms with Crippen molar-refractivity contribution < 1.29 is 13.2 Å². The summed E-state index contributed by atoms with van der Waals surface area (Å²) in [6, 6.07) is 1.91. The number of rotatable bonds is 2. The van der Waals surface area contributed by atoms with Gasteiger partial charge in [-0.25, -0.2) is 0 Å². The summed E-state index contributed by atoms with van der Waals surface area (Å²) in [7, 11) is 0. The molecule has 0 amide bonds. The Labute approximate surface area is 106 Å². The van der Waals surface area contributed by atoms with E-state index in [4.69, 9.17) is 5.26 Å². The summed E-state index contributed by atoms with van der Waals surface area (Å²) in [6.07, 6.45) is -3.09. The third-order valence-corrected chi connectivity index (χ3v) is 3.15. The zero-order chi connectivity index (χ0) is 13.4. The minimum absolute atomic E-state index is 0.00523. The van der Waals surface area contributed by atoms with E-state index >= 15 is 0 Å². The van der Waals surface area contributed by atoms with E-state index in [1.54, 1.807) is 6.92 Å². The van der Waals surface area contributed by atoms with Crippen LogP contribution in [0, 0.1) is 11.3 Å². The van der Waals surface area contributed by atoms with Crippen LogP contribution < -0.4 is 0 Å². The van der Waals surface area contributed by atoms with Gasteiger partial charge in [-0.1, -0.05) is 0 Å². The number of halogens is 4. The maximum Gasteiger partial charge on any atom is 0.431 e. The number of nitriles is 1. The number of aromatic nitrogens is 1. The second-order valence-corrected chi connectivity index (χ2v) is 5.08. The summed E-state index contributed by atoms with van der Waals surface area (Å²) < 4.78 is 40.5. The van der Waals surface area contributed by atoms with Crippen molar-refractivity contribution in [3.05, 3.63) is 21.9 Å². The van der Waals surface area contributed by atoms with E-state index < -0.39 is 17.3 Å². The number of nitrogens with zero attached hydrogens (tertiary/aromatic N) is 2. The van der Waals surface area contributed by atoms with Crippen LogP contribution in [0.1, 0.15) is 32.0 Å². The highest BCUT2D eigenvalue weighted by Gasteiger charge is 2.42. The van der Waals surface area contributed by atoms with Gasteiger partial charge in [0, 0.05) is 22.8 Å². The third kappa shape index (κ3) is 2.49. The van der Waals surface area contributed by atoms with Crippen LogP contribution in [0.5, 0.6) is 0 Å². The van der Waals surface area contributed by atoms with Gasteiger partial charge in [0.25, 0.3) is 0 Å². The Morgan fingerprint density at radius 1 is 1.41 bits per heavy atom. The molecular weight excluding hydrogens is 297 g/mol. The number of aryl methyl sites for hydroxylation is 1. The average Bonchev–Trinajstić information content (AvgIpc) is 2.55. The van der Waals surface area contributed by atoms with E-state index in [2.05, 4.69) is 15.9 Å². The zero-order valence-electron chi connectivity index (χ0n) is 9.69. The van der Waals surface area contributed by atoms with E-state index in [0.29, 0.717) is 4.47 Å². The maximum atomic E-state index is 13.0. The van der Waals surface area contributed by atoms with E-state index in [1.807, 2.05) is 6.07 Å². The summed E-state index contributed by atoms with van der Waals surface area (Å²) in [4.78, 5) is 0. The van der Waals surface area contributed by atoms with Gasteiger partial charge in [0.15, 0.2) is 0 Å². The van der Waals surface area contributed by atoms with Crippen LogP contribution in [0.25, 0.3) is 0 Å². The van der Waals surface area contributed by atoms with Crippen LogP contribution in [-0.4, -0.2) is 4.57 Å². The molecule has 1 aromatic rings. The molecule has 0 bridgehead atoms. The van der Waals surface area contributed by atoms with Crippen LogP contribution >= 0.6 is 15.9 Å². The normalized spacial score (nSPS) is 12.6. The van der Waals surface area contributed by atoms with Gasteiger partial charge in [-0.05, 0) is 36.7 Å². The SMILES string of the molecule is CCn1cc(Br)c(C(C)(C)C#N)c1C(F)(F)F. The standard InChI is InChI=1S/C11H12BrF3N2/c1-4-17-5-7(12)8(10(2,3)6-16)9(17)11(13,14)15/h5H,4H2,1-3H3. The molecule has 0 fully saturated rings. The molecule has 1 rings (SSSR count). The van der Waals surface area contributed by atoms with Crippen LogP contribution in [0.3, 0.4) is 0 Å². The number of alkyl halides is 3. The topological polar surface area (TPSA) is 28.7 Å². The van der Waals surface area contributed by atoms with Crippen molar-refractivity contribution in [2.45, 2.75) is 38.9 Å². The minimum Gasteiger partial charge on any atom is -0.343 e. The van der Waals surface area contributed by atoms with Crippen molar-refractivity contribution in [3.63, 3.8) is 0 Å². The van der Waals surface area contributed by atoms with Crippen molar-refractivity contribution in [1.29, 1.82) is 5.26 Å². The second-order valence-electron chi connectivity index (χ2n) is 4.22. The lowest BCUT2D eigenvalue weighted by Crippen LogP contribution is -2.22. The van der Waals surface area contributed by atoms with Crippen LogP contribution in [0.2, 0.25) is 0 Å². The lowest BCUT2D eigenvalue weighted by Gasteiger charge is -2.20. The molecule has 2 nitrogen and oxygen atoms in total. The van der Waals surface area contributed by atoms with Gasteiger partial charge in [-0.3, -0.25) is 0 Å². The van der Waals surface area contributed by atoms with Gasteiger partial charge >= 0.3 is 6.18 Å². The smallest absolute Gasteiger partial charge is 0.343 e. The van der Waals surface area contributed by atoms with Gasteiger partial charge in [-0.2, -0.15) is 18.4 Å². The Balaban J connectivity index is 3.62. The van der Waals surface area contributed by atoms with Gasteiger partial charge in [0.2, 0.25) is 0 Å². The monoisotopic (exact) mass is 308 g/mol. The van der Waals surface area contributed by atoms with Crippen LogP contribution in [0.15, 0.2) is 10.7 Å². The fraction of sp³-hybridized carbons (Fsp3) is 0.545. The number of hydrogen-bond acceptors (Lipinski definition) is 1. The molecule has 0 aliphatic carbocycles. The summed E-state index contributed by atoms with van der Waals surface area (Å²) in [6.45, 7) is 4.78. The zero-order valence-corrected chi connectivity index (χ0v) is 11.3. The van der Waals surface area contributed by atoms with Gasteiger partial charge in [-0.15, -0.1) is 0 Å². The largest absolute Gasteiger partial charge is 0.431 e.